The van der Waals surface area contributed by atoms with Crippen LogP contribution in [0.15, 0.2) is 27.8 Å². The molecule has 1 aliphatic rings. The monoisotopic (exact) mass is 378 g/mol. The molecule has 2 heterocycles. The molecule has 0 fully saturated rings. The summed E-state index contributed by atoms with van der Waals surface area (Å²) in [5.74, 6) is 1.99. The van der Waals surface area contributed by atoms with Crippen molar-refractivity contribution in [1.82, 2.24) is 19.5 Å². The van der Waals surface area contributed by atoms with E-state index in [0.717, 1.165) is 41.6 Å². The molecule has 7 nitrogen and oxygen atoms in total. The highest BCUT2D eigenvalue weighted by Gasteiger charge is 2.20. The van der Waals surface area contributed by atoms with Gasteiger partial charge in [0, 0.05) is 23.7 Å². The molecule has 0 amide bonds. The molecule has 4 rings (SSSR count). The van der Waals surface area contributed by atoms with Gasteiger partial charge in [-0.1, -0.05) is 0 Å². The number of ether oxygens (including phenoxy) is 1. The highest BCUT2D eigenvalue weighted by Crippen LogP contribution is 2.33. The molecule has 1 aliphatic carbocycles. The smallest absolute Gasteiger partial charge is 0.328 e. The molecule has 0 bridgehead atoms. The SMILES string of the molecule is Cc1nc2c(c(Oc3ccc(-c4c(C)c(=O)[nH]c(=O)n4C)c(C)c3)n1)CCC2. The Hall–Kier alpha value is -3.22. The zero-order valence-corrected chi connectivity index (χ0v) is 16.4. The summed E-state index contributed by atoms with van der Waals surface area (Å²) < 4.78 is 7.55. The first-order valence-electron chi connectivity index (χ1n) is 9.30. The Morgan fingerprint density at radius 2 is 1.89 bits per heavy atom. The molecule has 0 unspecified atom stereocenters. The summed E-state index contributed by atoms with van der Waals surface area (Å²) in [7, 11) is 1.65. The molecule has 3 aromatic rings. The van der Waals surface area contributed by atoms with Gasteiger partial charge in [0.1, 0.15) is 11.6 Å². The van der Waals surface area contributed by atoms with E-state index in [-0.39, 0.29) is 5.56 Å². The third-order valence-corrected chi connectivity index (χ3v) is 5.23. The molecule has 0 saturated heterocycles. The molecule has 7 heteroatoms. The Morgan fingerprint density at radius 3 is 2.64 bits per heavy atom. The van der Waals surface area contributed by atoms with Crippen molar-refractivity contribution in [3.05, 3.63) is 67.2 Å². The Balaban J connectivity index is 1.75. The average molecular weight is 378 g/mol. The zero-order chi connectivity index (χ0) is 20.0. The van der Waals surface area contributed by atoms with Gasteiger partial charge in [0.25, 0.3) is 5.56 Å². The fraction of sp³-hybridized carbons (Fsp3) is 0.333. The molecule has 2 aromatic heterocycles. The molecule has 0 aliphatic heterocycles. The summed E-state index contributed by atoms with van der Waals surface area (Å²) in [4.78, 5) is 35.4. The standard InChI is InChI=1S/C21H22N4O3/c1-11-10-14(28-20-16-6-5-7-17(16)22-13(3)23-20)8-9-15(11)18-12(2)19(26)24-21(27)25(18)4/h8-10H,5-7H2,1-4H3,(H,24,26,27). The Labute approximate surface area is 162 Å². The van der Waals surface area contributed by atoms with Gasteiger partial charge < -0.3 is 4.74 Å². The van der Waals surface area contributed by atoms with Gasteiger partial charge in [-0.3, -0.25) is 14.3 Å². The molecule has 0 radical (unpaired) electrons. The molecule has 1 aromatic carbocycles. The van der Waals surface area contributed by atoms with Crippen LogP contribution in [-0.2, 0) is 19.9 Å². The first kappa shape index (κ1) is 18.2. The van der Waals surface area contributed by atoms with E-state index in [1.54, 1.807) is 14.0 Å². The maximum absolute atomic E-state index is 12.0. The maximum atomic E-state index is 12.0. The number of nitrogens with zero attached hydrogens (tertiary/aromatic N) is 3. The van der Waals surface area contributed by atoms with Crippen molar-refractivity contribution >= 4 is 0 Å². The van der Waals surface area contributed by atoms with Gasteiger partial charge >= 0.3 is 5.69 Å². The number of hydrogen-bond acceptors (Lipinski definition) is 5. The van der Waals surface area contributed by atoms with Crippen LogP contribution < -0.4 is 16.0 Å². The van der Waals surface area contributed by atoms with Gasteiger partial charge in [-0.25, -0.2) is 9.78 Å². The summed E-state index contributed by atoms with van der Waals surface area (Å²) in [6.45, 7) is 5.52. The van der Waals surface area contributed by atoms with Gasteiger partial charge in [-0.05, 0) is 63.8 Å². The lowest BCUT2D eigenvalue weighted by Crippen LogP contribution is -2.31. The Kier molecular flexibility index (Phi) is 4.37. The van der Waals surface area contributed by atoms with E-state index in [1.165, 1.54) is 4.57 Å². The number of aromatic nitrogens is 4. The number of nitrogens with one attached hydrogen (secondary N) is 1. The highest BCUT2D eigenvalue weighted by molar-refractivity contribution is 5.67. The second-order valence-corrected chi connectivity index (χ2v) is 7.23. The predicted octanol–water partition coefficient (Wildman–Crippen LogP) is 2.74. The molecule has 144 valence electrons. The van der Waals surface area contributed by atoms with E-state index < -0.39 is 5.69 Å². The zero-order valence-electron chi connectivity index (χ0n) is 16.4. The van der Waals surface area contributed by atoms with Crippen LogP contribution in [0.25, 0.3) is 11.3 Å². The quantitative estimate of drug-likeness (QED) is 0.757. The second kappa shape index (κ2) is 6.74. The van der Waals surface area contributed by atoms with Crippen LogP contribution in [-0.4, -0.2) is 19.5 Å². The van der Waals surface area contributed by atoms with Gasteiger partial charge in [0.2, 0.25) is 5.88 Å². The van der Waals surface area contributed by atoms with Crippen molar-refractivity contribution in [3.8, 4) is 22.9 Å². The number of hydrogen-bond donors (Lipinski definition) is 1. The minimum atomic E-state index is -0.433. The van der Waals surface area contributed by atoms with Crippen molar-refractivity contribution < 1.29 is 4.74 Å². The fourth-order valence-corrected chi connectivity index (χ4v) is 3.80. The van der Waals surface area contributed by atoms with Crippen LogP contribution in [0.1, 0.15) is 34.6 Å². The number of benzene rings is 1. The lowest BCUT2D eigenvalue weighted by Gasteiger charge is -2.15. The van der Waals surface area contributed by atoms with Crippen molar-refractivity contribution in [2.45, 2.75) is 40.0 Å². The van der Waals surface area contributed by atoms with Gasteiger partial charge in [-0.15, -0.1) is 0 Å². The van der Waals surface area contributed by atoms with Crippen LogP contribution in [0.5, 0.6) is 11.6 Å². The largest absolute Gasteiger partial charge is 0.439 e. The lowest BCUT2D eigenvalue weighted by atomic mass is 10.0. The summed E-state index contributed by atoms with van der Waals surface area (Å²) in [5.41, 5.74) is 4.19. The topological polar surface area (TPSA) is 89.9 Å². The lowest BCUT2D eigenvalue weighted by molar-refractivity contribution is 0.453. The Morgan fingerprint density at radius 1 is 1.11 bits per heavy atom. The van der Waals surface area contributed by atoms with E-state index in [9.17, 15) is 9.59 Å². The van der Waals surface area contributed by atoms with Gasteiger partial charge in [0.15, 0.2) is 0 Å². The summed E-state index contributed by atoms with van der Waals surface area (Å²) in [5, 5.41) is 0. The second-order valence-electron chi connectivity index (χ2n) is 7.23. The first-order valence-corrected chi connectivity index (χ1v) is 9.30. The third kappa shape index (κ3) is 3.02. The predicted molar refractivity (Wildman–Crippen MR) is 106 cm³/mol. The molecule has 28 heavy (non-hydrogen) atoms. The van der Waals surface area contributed by atoms with Crippen molar-refractivity contribution in [2.24, 2.45) is 7.05 Å². The van der Waals surface area contributed by atoms with Crippen molar-refractivity contribution in [1.29, 1.82) is 0 Å². The molecule has 0 saturated carbocycles. The van der Waals surface area contributed by atoms with Crippen LogP contribution in [0.2, 0.25) is 0 Å². The fourth-order valence-electron chi connectivity index (χ4n) is 3.80. The van der Waals surface area contributed by atoms with E-state index in [4.69, 9.17) is 4.74 Å². The molecule has 0 atom stereocenters. The average Bonchev–Trinajstić information content (AvgIpc) is 3.10. The van der Waals surface area contributed by atoms with Crippen molar-refractivity contribution in [3.63, 3.8) is 0 Å². The maximum Gasteiger partial charge on any atom is 0.328 e. The van der Waals surface area contributed by atoms with Gasteiger partial charge in [-0.2, -0.15) is 4.98 Å². The summed E-state index contributed by atoms with van der Waals surface area (Å²) in [6.07, 6.45) is 2.96. The normalized spacial score (nSPS) is 12.9. The minimum absolute atomic E-state index is 0.371. The number of H-pyrrole nitrogens is 1. The molecular formula is C21H22N4O3. The van der Waals surface area contributed by atoms with Crippen molar-refractivity contribution in [2.75, 3.05) is 0 Å². The molecule has 1 N–H and O–H groups in total. The number of aromatic amines is 1. The van der Waals surface area contributed by atoms with E-state index in [1.807, 2.05) is 32.0 Å². The number of rotatable bonds is 3. The van der Waals surface area contributed by atoms with Crippen LogP contribution >= 0.6 is 0 Å². The van der Waals surface area contributed by atoms with Crippen LogP contribution in [0, 0.1) is 20.8 Å². The summed E-state index contributed by atoms with van der Waals surface area (Å²) >= 11 is 0. The first-order chi connectivity index (χ1) is 13.3. The highest BCUT2D eigenvalue weighted by atomic mass is 16.5. The van der Waals surface area contributed by atoms with Crippen LogP contribution in [0.3, 0.4) is 0 Å². The van der Waals surface area contributed by atoms with E-state index >= 15 is 0 Å². The molecular weight excluding hydrogens is 356 g/mol. The third-order valence-electron chi connectivity index (χ3n) is 5.23. The van der Waals surface area contributed by atoms with E-state index in [0.29, 0.717) is 28.7 Å². The Bertz CT molecular complexity index is 1170. The number of fused-ring (bicyclic) bond motifs is 1. The summed E-state index contributed by atoms with van der Waals surface area (Å²) in [6, 6.07) is 5.62. The molecule has 0 spiro atoms. The minimum Gasteiger partial charge on any atom is -0.439 e. The number of aryl methyl sites for hydroxylation is 3. The van der Waals surface area contributed by atoms with Gasteiger partial charge in [0.05, 0.1) is 11.4 Å². The van der Waals surface area contributed by atoms with Crippen LogP contribution in [0.4, 0.5) is 0 Å². The van der Waals surface area contributed by atoms with E-state index in [2.05, 4.69) is 15.0 Å².